The third-order valence-corrected chi connectivity index (χ3v) is 5.28. The highest BCUT2D eigenvalue weighted by molar-refractivity contribution is 5.84. The Labute approximate surface area is 121 Å². The van der Waals surface area contributed by atoms with Crippen molar-refractivity contribution in [3.8, 4) is 0 Å². The lowest BCUT2D eigenvalue weighted by atomic mass is 9.88. The van der Waals surface area contributed by atoms with Gasteiger partial charge in [-0.05, 0) is 45.1 Å². The van der Waals surface area contributed by atoms with E-state index in [1.54, 1.807) is 0 Å². The average molecular weight is 278 g/mol. The molecule has 4 heteroatoms. The minimum absolute atomic E-state index is 0.210. The lowest BCUT2D eigenvalue weighted by molar-refractivity contribution is -0.134. The van der Waals surface area contributed by atoms with Gasteiger partial charge in [-0.2, -0.15) is 0 Å². The van der Waals surface area contributed by atoms with Gasteiger partial charge in [-0.25, -0.2) is 0 Å². The van der Waals surface area contributed by atoms with Crippen LogP contribution in [0.25, 0.3) is 0 Å². The van der Waals surface area contributed by atoms with Crippen LogP contribution in [0.4, 0.5) is 0 Å². The fraction of sp³-hybridized carbons (Fsp3) is 0.875. The molecular formula is C16H26N2O2. The van der Waals surface area contributed by atoms with Crippen molar-refractivity contribution in [3.05, 3.63) is 0 Å². The zero-order valence-corrected chi connectivity index (χ0v) is 12.4. The van der Waals surface area contributed by atoms with Gasteiger partial charge in [0.1, 0.15) is 5.78 Å². The van der Waals surface area contributed by atoms with Gasteiger partial charge in [0.25, 0.3) is 0 Å². The van der Waals surface area contributed by atoms with Crippen LogP contribution in [0.2, 0.25) is 0 Å². The third-order valence-electron chi connectivity index (χ3n) is 5.28. The second-order valence-electron chi connectivity index (χ2n) is 6.59. The number of nitrogens with zero attached hydrogens (tertiary/aromatic N) is 2. The third kappa shape index (κ3) is 2.90. The van der Waals surface area contributed by atoms with Gasteiger partial charge >= 0.3 is 0 Å². The van der Waals surface area contributed by atoms with Crippen LogP contribution in [0, 0.1) is 5.92 Å². The molecule has 4 nitrogen and oxygen atoms in total. The summed E-state index contributed by atoms with van der Waals surface area (Å²) in [6.45, 7) is 3.39. The van der Waals surface area contributed by atoms with Gasteiger partial charge in [0, 0.05) is 31.5 Å². The molecule has 3 rings (SSSR count). The Morgan fingerprint density at radius 3 is 2.45 bits per heavy atom. The van der Waals surface area contributed by atoms with Crippen molar-refractivity contribution in [2.75, 3.05) is 26.2 Å². The van der Waals surface area contributed by atoms with Crippen LogP contribution in [-0.4, -0.2) is 53.7 Å². The second-order valence-corrected chi connectivity index (χ2v) is 6.59. The zero-order chi connectivity index (χ0) is 13.9. The first kappa shape index (κ1) is 14.1. The molecular weight excluding hydrogens is 252 g/mol. The minimum Gasteiger partial charge on any atom is -0.342 e. The number of hydrogen-bond acceptors (Lipinski definition) is 3. The highest BCUT2D eigenvalue weighted by atomic mass is 16.2. The van der Waals surface area contributed by atoms with Crippen LogP contribution in [0.5, 0.6) is 0 Å². The predicted octanol–water partition coefficient (Wildman–Crippen LogP) is 1.83. The van der Waals surface area contributed by atoms with E-state index in [2.05, 4.69) is 4.90 Å². The van der Waals surface area contributed by atoms with Gasteiger partial charge in [-0.3, -0.25) is 14.5 Å². The van der Waals surface area contributed by atoms with Crippen LogP contribution in [0.3, 0.4) is 0 Å². The Hall–Kier alpha value is -0.900. The van der Waals surface area contributed by atoms with Gasteiger partial charge in [0.15, 0.2) is 0 Å². The number of likely N-dealkylation sites (tertiary alicyclic amines) is 2. The summed E-state index contributed by atoms with van der Waals surface area (Å²) < 4.78 is 0. The van der Waals surface area contributed by atoms with Gasteiger partial charge in [0.05, 0.1) is 6.54 Å². The number of amides is 1. The summed E-state index contributed by atoms with van der Waals surface area (Å²) in [5, 5.41) is 0. The first-order chi connectivity index (χ1) is 9.75. The SMILES string of the molecule is O=C1CCCC1C1CCCCN1CC(=O)N1CCCC1. The van der Waals surface area contributed by atoms with Gasteiger partial charge in [-0.15, -0.1) is 0 Å². The summed E-state index contributed by atoms with van der Waals surface area (Å²) in [4.78, 5) is 28.7. The van der Waals surface area contributed by atoms with E-state index in [-0.39, 0.29) is 11.8 Å². The number of rotatable bonds is 3. The van der Waals surface area contributed by atoms with E-state index in [4.69, 9.17) is 0 Å². The Kier molecular flexibility index (Phi) is 4.39. The first-order valence-electron chi connectivity index (χ1n) is 8.30. The molecule has 0 aromatic heterocycles. The van der Waals surface area contributed by atoms with E-state index >= 15 is 0 Å². The van der Waals surface area contributed by atoms with E-state index < -0.39 is 0 Å². The molecule has 2 unspecified atom stereocenters. The van der Waals surface area contributed by atoms with Crippen molar-refractivity contribution < 1.29 is 9.59 Å². The van der Waals surface area contributed by atoms with Crippen LogP contribution >= 0.6 is 0 Å². The zero-order valence-electron chi connectivity index (χ0n) is 12.4. The maximum atomic E-state index is 12.4. The molecule has 1 aliphatic carbocycles. The summed E-state index contributed by atoms with van der Waals surface area (Å²) in [5.74, 6) is 0.928. The summed E-state index contributed by atoms with van der Waals surface area (Å²) in [6, 6.07) is 0.338. The fourth-order valence-corrected chi connectivity index (χ4v) is 4.16. The predicted molar refractivity (Wildman–Crippen MR) is 77.4 cm³/mol. The molecule has 1 saturated carbocycles. The Morgan fingerprint density at radius 2 is 1.75 bits per heavy atom. The molecule has 0 N–H and O–H groups in total. The maximum Gasteiger partial charge on any atom is 0.236 e. The quantitative estimate of drug-likeness (QED) is 0.791. The van der Waals surface area contributed by atoms with Gasteiger partial charge in [-0.1, -0.05) is 6.42 Å². The summed E-state index contributed by atoms with van der Waals surface area (Å²) in [7, 11) is 0. The van der Waals surface area contributed by atoms with Crippen LogP contribution in [-0.2, 0) is 9.59 Å². The number of ketones is 1. The molecule has 0 spiro atoms. The Bertz CT molecular complexity index is 377. The summed E-state index contributed by atoms with van der Waals surface area (Å²) >= 11 is 0. The number of hydrogen-bond donors (Lipinski definition) is 0. The van der Waals surface area contributed by atoms with E-state index in [1.807, 2.05) is 4.90 Å². The van der Waals surface area contributed by atoms with E-state index in [1.165, 1.54) is 12.8 Å². The topological polar surface area (TPSA) is 40.6 Å². The summed E-state index contributed by atoms with van der Waals surface area (Å²) in [6.07, 6.45) is 8.63. The highest BCUT2D eigenvalue weighted by Crippen LogP contribution is 2.32. The number of carbonyl (C=O) groups is 2. The highest BCUT2D eigenvalue weighted by Gasteiger charge is 2.37. The second kappa shape index (κ2) is 6.25. The van der Waals surface area contributed by atoms with Crippen molar-refractivity contribution in [1.29, 1.82) is 0 Å². The number of Topliss-reactive ketones (excluding diaryl/α,β-unsaturated/α-hetero) is 1. The molecule has 3 fully saturated rings. The molecule has 0 aromatic rings. The van der Waals surface area contributed by atoms with E-state index in [9.17, 15) is 9.59 Å². The minimum atomic E-state index is 0.210. The molecule has 1 amide bonds. The molecule has 2 atom stereocenters. The largest absolute Gasteiger partial charge is 0.342 e. The molecule has 0 bridgehead atoms. The molecule has 112 valence electrons. The van der Waals surface area contributed by atoms with Crippen molar-refractivity contribution in [2.24, 2.45) is 5.92 Å². The van der Waals surface area contributed by atoms with Crippen LogP contribution < -0.4 is 0 Å². The normalized spacial score (nSPS) is 32.0. The monoisotopic (exact) mass is 278 g/mol. The fourth-order valence-electron chi connectivity index (χ4n) is 4.16. The van der Waals surface area contributed by atoms with Crippen molar-refractivity contribution >= 4 is 11.7 Å². The Morgan fingerprint density at radius 1 is 1.00 bits per heavy atom. The van der Waals surface area contributed by atoms with Gasteiger partial charge < -0.3 is 4.90 Å². The lowest BCUT2D eigenvalue weighted by Crippen LogP contribution is -2.49. The van der Waals surface area contributed by atoms with Crippen molar-refractivity contribution in [3.63, 3.8) is 0 Å². The molecule has 2 heterocycles. The number of carbonyl (C=O) groups excluding carboxylic acids is 2. The standard InChI is InChI=1S/C16H26N2O2/c19-15-8-5-6-13(15)14-7-1-2-11-18(14)12-16(20)17-9-3-4-10-17/h13-14H,1-12H2. The maximum absolute atomic E-state index is 12.4. The van der Waals surface area contributed by atoms with Crippen molar-refractivity contribution in [1.82, 2.24) is 9.80 Å². The van der Waals surface area contributed by atoms with Crippen molar-refractivity contribution in [2.45, 2.75) is 57.4 Å². The molecule has 0 aromatic carbocycles. The van der Waals surface area contributed by atoms with Crippen LogP contribution in [0.15, 0.2) is 0 Å². The Balaban J connectivity index is 1.62. The van der Waals surface area contributed by atoms with Gasteiger partial charge in [0.2, 0.25) is 5.91 Å². The molecule has 2 aliphatic heterocycles. The molecule has 0 radical (unpaired) electrons. The van der Waals surface area contributed by atoms with Crippen LogP contribution in [0.1, 0.15) is 51.4 Å². The molecule has 20 heavy (non-hydrogen) atoms. The smallest absolute Gasteiger partial charge is 0.236 e. The lowest BCUT2D eigenvalue weighted by Gasteiger charge is -2.38. The molecule has 2 saturated heterocycles. The first-order valence-corrected chi connectivity index (χ1v) is 8.30. The molecule has 3 aliphatic rings. The average Bonchev–Trinajstić information content (AvgIpc) is 3.10. The summed E-state index contributed by atoms with van der Waals surface area (Å²) in [5.41, 5.74) is 0. The van der Waals surface area contributed by atoms with E-state index in [0.717, 1.165) is 58.2 Å². The van der Waals surface area contributed by atoms with E-state index in [0.29, 0.717) is 18.4 Å². The number of piperidine rings is 1.